The van der Waals surface area contributed by atoms with E-state index in [9.17, 15) is 29.0 Å². The first-order valence-corrected chi connectivity index (χ1v) is 13.8. The summed E-state index contributed by atoms with van der Waals surface area (Å²) >= 11 is 0. The fourth-order valence-corrected chi connectivity index (χ4v) is 6.40. The molecule has 0 aliphatic heterocycles. The zero-order valence-electron chi connectivity index (χ0n) is 24.2. The van der Waals surface area contributed by atoms with E-state index in [-0.39, 0.29) is 44.8 Å². The van der Waals surface area contributed by atoms with Crippen LogP contribution in [-0.2, 0) is 6.18 Å². The van der Waals surface area contributed by atoms with Crippen molar-refractivity contribution in [2.45, 2.75) is 13.1 Å². The van der Waals surface area contributed by atoms with Crippen molar-refractivity contribution >= 4 is 28.0 Å². The van der Waals surface area contributed by atoms with Gasteiger partial charge in [0.05, 0.1) is 49.1 Å². The van der Waals surface area contributed by atoms with Gasteiger partial charge in [0, 0.05) is 11.1 Å². The van der Waals surface area contributed by atoms with Gasteiger partial charge < -0.3 is 0 Å². The lowest BCUT2D eigenvalue weighted by molar-refractivity contribution is -0.137. The number of fused-ring (bicyclic) bond motifs is 4. The Morgan fingerprint density at radius 2 is 1.17 bits per heavy atom. The van der Waals surface area contributed by atoms with E-state index in [1.165, 1.54) is 18.2 Å². The Morgan fingerprint density at radius 1 is 0.660 bits per heavy atom. The molecule has 0 bridgehead atoms. The minimum absolute atomic E-state index is 0.0732. The molecule has 0 heterocycles. The average molecular weight is 613 g/mol. The number of allylic oxidation sites excluding steroid dienone is 6. The van der Waals surface area contributed by atoms with Crippen LogP contribution in [-0.4, -0.2) is 0 Å². The van der Waals surface area contributed by atoms with E-state index in [0.29, 0.717) is 39.1 Å². The third-order valence-electron chi connectivity index (χ3n) is 8.20. The first-order valence-electron chi connectivity index (χ1n) is 13.8. The summed E-state index contributed by atoms with van der Waals surface area (Å²) < 4.78 is 43.3. The maximum Gasteiger partial charge on any atom is 0.417 e. The van der Waals surface area contributed by atoms with E-state index >= 15 is 0 Å². The van der Waals surface area contributed by atoms with Crippen LogP contribution >= 0.6 is 0 Å². The van der Waals surface area contributed by atoms with Gasteiger partial charge in [0.2, 0.25) is 0 Å². The molecule has 2 aliphatic rings. The van der Waals surface area contributed by atoms with Crippen molar-refractivity contribution in [1.82, 2.24) is 0 Å². The summed E-state index contributed by atoms with van der Waals surface area (Å²) in [7, 11) is 0. The number of alkyl halides is 3. The number of benzene rings is 4. The topological polar surface area (TPSA) is 84.4 Å². The highest BCUT2D eigenvalue weighted by Gasteiger charge is 2.43. The molecule has 218 valence electrons. The Morgan fingerprint density at radius 3 is 1.62 bits per heavy atom. The molecule has 6 nitrogen and oxygen atoms in total. The normalized spacial score (nSPS) is 14.7. The molecule has 6 rings (SSSR count). The smallest absolute Gasteiger partial charge is 0.238 e. The molecule has 9 heteroatoms. The summed E-state index contributed by atoms with van der Waals surface area (Å²) in [4.78, 5) is 10.5. The molecular weight excluding hydrogens is 597 g/mol. The first kappa shape index (κ1) is 29.9. The molecule has 0 unspecified atom stereocenters. The van der Waals surface area contributed by atoms with Crippen LogP contribution in [0.25, 0.3) is 59.1 Å². The summed E-state index contributed by atoms with van der Waals surface area (Å²) in [6.45, 7) is 25.0. The second kappa shape index (κ2) is 11.1. The van der Waals surface area contributed by atoms with Crippen molar-refractivity contribution in [3.05, 3.63) is 157 Å². The molecule has 0 radical (unpaired) electrons. The van der Waals surface area contributed by atoms with Crippen molar-refractivity contribution < 1.29 is 13.2 Å². The quantitative estimate of drug-likeness (QED) is 0.167. The Kier molecular flexibility index (Phi) is 7.04. The zero-order valence-corrected chi connectivity index (χ0v) is 24.2. The predicted octanol–water partition coefficient (Wildman–Crippen LogP) is 10.0. The van der Waals surface area contributed by atoms with Crippen LogP contribution in [0.1, 0.15) is 38.9 Å². The average Bonchev–Trinajstić information content (AvgIpc) is 3.59. The Balaban J connectivity index is 1.76. The van der Waals surface area contributed by atoms with Crippen LogP contribution in [0.4, 0.5) is 18.9 Å². The largest absolute Gasteiger partial charge is 0.417 e. The number of hydrogen-bond donors (Lipinski definition) is 0. The molecule has 0 N–H and O–H groups in total. The van der Waals surface area contributed by atoms with Crippen molar-refractivity contribution in [3.8, 4) is 40.5 Å². The molecule has 0 saturated heterocycles. The third-order valence-corrected chi connectivity index (χ3v) is 8.20. The lowest BCUT2D eigenvalue weighted by Gasteiger charge is -2.21. The first-order chi connectivity index (χ1) is 22.6. The van der Waals surface area contributed by atoms with Crippen LogP contribution in [0.5, 0.6) is 0 Å². The molecule has 2 aliphatic carbocycles. The fourth-order valence-electron chi connectivity index (χ4n) is 6.40. The number of halogens is 3. The van der Waals surface area contributed by atoms with Gasteiger partial charge in [-0.05, 0) is 74.7 Å². The number of rotatable bonds is 2. The molecular formula is C38H15F3N6. The second-order valence-electron chi connectivity index (χ2n) is 10.6. The van der Waals surface area contributed by atoms with Gasteiger partial charge in [-0.1, -0.05) is 66.2 Å². The zero-order chi connectivity index (χ0) is 33.6. The van der Waals surface area contributed by atoms with E-state index < -0.39 is 11.7 Å². The van der Waals surface area contributed by atoms with E-state index in [0.717, 1.165) is 17.2 Å². The molecule has 0 aromatic heterocycles. The fraction of sp³-hybridized carbons (Fsp3) is 0.0526. The van der Waals surface area contributed by atoms with Crippen LogP contribution in [0, 0.1) is 60.6 Å². The van der Waals surface area contributed by atoms with Crippen molar-refractivity contribution in [2.24, 2.45) is 0 Å². The summed E-state index contributed by atoms with van der Waals surface area (Å²) in [6, 6.07) is 23.9. The highest BCUT2D eigenvalue weighted by atomic mass is 19.4. The predicted molar refractivity (Wildman–Crippen MR) is 170 cm³/mol. The molecule has 0 atom stereocenters. The number of aryl methyl sites for hydroxylation is 1. The minimum Gasteiger partial charge on any atom is -0.238 e. The third kappa shape index (κ3) is 4.45. The van der Waals surface area contributed by atoms with E-state index in [1.54, 1.807) is 48.5 Å². The maximum atomic E-state index is 14.4. The Hall–Kier alpha value is -7.17. The summed E-state index contributed by atoms with van der Waals surface area (Å²) in [5.41, 5.74) is 3.10. The molecule has 0 fully saturated rings. The molecule has 4 aromatic carbocycles. The lowest BCUT2D eigenvalue weighted by atomic mass is 9.83. The van der Waals surface area contributed by atoms with E-state index in [4.69, 9.17) is 19.7 Å². The summed E-state index contributed by atoms with van der Waals surface area (Å²) in [6.07, 6.45) is -4.84. The Bertz CT molecular complexity index is 2440. The summed E-state index contributed by atoms with van der Waals surface area (Å²) in [5.74, 6) is 0. The molecule has 4 aromatic rings. The van der Waals surface area contributed by atoms with Crippen LogP contribution < -0.4 is 0 Å². The SMILES string of the molecule is [C-]#[N+]/C(C#N)=C1C2=C(/C(=C(\C#N)[N+]#[C-])c3c2cccc3-c2ccc([N+]#[C-])cc2C)c2cccc(-c3ccc(C#N)cc3C(F)(F)F)c2\1. The van der Waals surface area contributed by atoms with Gasteiger partial charge in [0.15, 0.2) is 5.69 Å². The molecule has 0 saturated carbocycles. The van der Waals surface area contributed by atoms with Gasteiger partial charge in [0.1, 0.15) is 0 Å². The van der Waals surface area contributed by atoms with Gasteiger partial charge >= 0.3 is 6.18 Å². The van der Waals surface area contributed by atoms with Gasteiger partial charge in [-0.3, -0.25) is 0 Å². The maximum absolute atomic E-state index is 14.4. The standard InChI is InChI=1S/C38H15F3N6/c1-20-15-22(45-2)12-14-23(20)25-7-5-9-27-32(25)36(30(18-43)46-3)35-28-10-6-8-26(33(28)37(34(27)35)31(19-44)47-4)24-13-11-21(17-42)16-29(24)38(39,40)41/h5-16H,1H3/b36-30+,37-31-. The van der Waals surface area contributed by atoms with Crippen molar-refractivity contribution in [2.75, 3.05) is 0 Å². The van der Waals surface area contributed by atoms with Crippen LogP contribution in [0.3, 0.4) is 0 Å². The highest BCUT2D eigenvalue weighted by molar-refractivity contribution is 6.39. The van der Waals surface area contributed by atoms with Gasteiger partial charge in [0.25, 0.3) is 11.4 Å². The molecule has 0 spiro atoms. The van der Waals surface area contributed by atoms with Crippen LogP contribution in [0.15, 0.2) is 84.2 Å². The lowest BCUT2D eigenvalue weighted by Crippen LogP contribution is -2.09. The number of nitriles is 3. The monoisotopic (exact) mass is 612 g/mol. The molecule has 47 heavy (non-hydrogen) atoms. The van der Waals surface area contributed by atoms with Gasteiger partial charge in [-0.25, -0.2) is 25.1 Å². The van der Waals surface area contributed by atoms with Gasteiger partial charge in [-0.15, -0.1) is 0 Å². The second-order valence-corrected chi connectivity index (χ2v) is 10.6. The van der Waals surface area contributed by atoms with E-state index in [1.807, 2.05) is 25.1 Å². The highest BCUT2D eigenvalue weighted by Crippen LogP contribution is 2.62. The van der Waals surface area contributed by atoms with Crippen molar-refractivity contribution in [1.29, 1.82) is 15.8 Å². The van der Waals surface area contributed by atoms with E-state index in [2.05, 4.69) is 14.5 Å². The minimum atomic E-state index is -4.84. The number of nitrogens with zero attached hydrogens (tertiary/aromatic N) is 6. The van der Waals surface area contributed by atoms with Crippen LogP contribution in [0.2, 0.25) is 0 Å². The molecule has 0 amide bonds. The number of hydrogen-bond acceptors (Lipinski definition) is 3. The summed E-state index contributed by atoms with van der Waals surface area (Å²) in [5, 5.41) is 29.7. The van der Waals surface area contributed by atoms with Crippen molar-refractivity contribution in [3.63, 3.8) is 0 Å². The van der Waals surface area contributed by atoms with Gasteiger partial charge in [-0.2, -0.15) is 18.4 Å². The Labute approximate surface area is 267 Å².